The minimum Gasteiger partial charge on any atom is -0.298 e. The summed E-state index contributed by atoms with van der Waals surface area (Å²) in [7, 11) is 0. The maximum Gasteiger partial charge on any atom is 0.277 e. The fourth-order valence-corrected chi connectivity index (χ4v) is 1.94. The second kappa shape index (κ2) is 5.96. The summed E-state index contributed by atoms with van der Waals surface area (Å²) in [6, 6.07) is 4.93. The normalized spacial score (nSPS) is 10.1. The summed E-state index contributed by atoms with van der Waals surface area (Å²) in [6.07, 6.45) is 0.000648. The molecular weight excluding hydrogens is 297 g/mol. The van der Waals surface area contributed by atoms with E-state index in [9.17, 15) is 14.9 Å². The smallest absolute Gasteiger partial charge is 0.277 e. The molecule has 4 nitrogen and oxygen atoms in total. The minimum atomic E-state index is -0.465. The highest BCUT2D eigenvalue weighted by molar-refractivity contribution is 9.08. The number of carbonyl (C=O) groups is 1. The van der Waals surface area contributed by atoms with Crippen molar-refractivity contribution >= 4 is 39.0 Å². The summed E-state index contributed by atoms with van der Waals surface area (Å²) in [5.41, 5.74) is 0.968. The molecule has 0 N–H and O–H groups in total. The Morgan fingerprint density at radius 1 is 1.44 bits per heavy atom. The molecule has 0 aliphatic heterocycles. The molecule has 6 heteroatoms. The van der Waals surface area contributed by atoms with Crippen molar-refractivity contribution in [1.82, 2.24) is 0 Å². The molecule has 0 fully saturated rings. The highest BCUT2D eigenvalue weighted by atomic mass is 79.9. The van der Waals surface area contributed by atoms with Crippen molar-refractivity contribution in [2.45, 2.75) is 11.8 Å². The van der Waals surface area contributed by atoms with E-state index in [1.54, 1.807) is 18.2 Å². The van der Waals surface area contributed by atoms with Gasteiger partial charge in [0.25, 0.3) is 5.69 Å². The molecule has 0 aliphatic carbocycles. The fraction of sp³-hybridized carbons (Fsp3) is 0.300. The van der Waals surface area contributed by atoms with Crippen LogP contribution < -0.4 is 0 Å². The first-order valence-electron chi connectivity index (χ1n) is 4.49. The van der Waals surface area contributed by atoms with Gasteiger partial charge in [-0.2, -0.15) is 0 Å². The molecule has 0 saturated heterocycles. The van der Waals surface area contributed by atoms with E-state index in [1.165, 1.54) is 0 Å². The van der Waals surface area contributed by atoms with E-state index < -0.39 is 4.92 Å². The largest absolute Gasteiger partial charge is 0.298 e. The Kier molecular flexibility index (Phi) is 4.89. The summed E-state index contributed by atoms with van der Waals surface area (Å²) in [5.74, 6) is -0.355. The number of carbonyl (C=O) groups excluding carboxylic acids is 1. The van der Waals surface area contributed by atoms with Crippen molar-refractivity contribution in [3.63, 3.8) is 0 Å². The standard InChI is InChI=1S/C10H9BrClNO3/c11-5-8-3-1-2-7(4-9(14)6-12)10(8)13(15)16/h1-3H,4-6H2. The summed E-state index contributed by atoms with van der Waals surface area (Å²) >= 11 is 8.56. The van der Waals surface area contributed by atoms with Crippen molar-refractivity contribution in [2.75, 3.05) is 5.88 Å². The zero-order valence-electron chi connectivity index (χ0n) is 8.28. The van der Waals surface area contributed by atoms with Crippen LogP contribution in [0.5, 0.6) is 0 Å². The number of Topliss-reactive ketones (excluding diaryl/α,β-unsaturated/α-hetero) is 1. The first-order valence-corrected chi connectivity index (χ1v) is 6.14. The predicted octanol–water partition coefficient (Wildman–Crippen LogP) is 2.84. The Hall–Kier alpha value is -0.940. The van der Waals surface area contributed by atoms with Crippen LogP contribution >= 0.6 is 27.5 Å². The molecule has 0 aromatic heterocycles. The lowest BCUT2D eigenvalue weighted by Crippen LogP contribution is -2.07. The predicted molar refractivity (Wildman–Crippen MR) is 65.2 cm³/mol. The maximum absolute atomic E-state index is 11.2. The summed E-state index contributed by atoms with van der Waals surface area (Å²) in [6.45, 7) is 0. The summed E-state index contributed by atoms with van der Waals surface area (Å²) < 4.78 is 0. The van der Waals surface area contributed by atoms with Crippen molar-refractivity contribution in [2.24, 2.45) is 0 Å². The number of para-hydroxylation sites is 1. The number of halogens is 2. The van der Waals surface area contributed by atoms with Crippen molar-refractivity contribution in [1.29, 1.82) is 0 Å². The monoisotopic (exact) mass is 305 g/mol. The number of nitrogens with zero attached hydrogens (tertiary/aromatic N) is 1. The van der Waals surface area contributed by atoms with Gasteiger partial charge in [-0.3, -0.25) is 14.9 Å². The first-order chi connectivity index (χ1) is 7.60. The van der Waals surface area contributed by atoms with Crippen LogP contribution in [0, 0.1) is 10.1 Å². The Morgan fingerprint density at radius 3 is 2.56 bits per heavy atom. The van der Waals surface area contributed by atoms with E-state index in [-0.39, 0.29) is 23.8 Å². The van der Waals surface area contributed by atoms with Crippen LogP contribution in [0.2, 0.25) is 0 Å². The van der Waals surface area contributed by atoms with Crippen molar-refractivity contribution in [3.8, 4) is 0 Å². The van der Waals surface area contributed by atoms with Gasteiger partial charge >= 0.3 is 0 Å². The van der Waals surface area contributed by atoms with E-state index in [0.717, 1.165) is 0 Å². The van der Waals surface area contributed by atoms with Crippen LogP contribution in [0.4, 0.5) is 5.69 Å². The fourth-order valence-electron chi connectivity index (χ4n) is 1.39. The maximum atomic E-state index is 11.2. The molecule has 0 saturated carbocycles. The topological polar surface area (TPSA) is 60.2 Å². The Bertz CT molecular complexity index is 423. The number of ketones is 1. The van der Waals surface area contributed by atoms with Crippen LogP contribution in [-0.2, 0) is 16.5 Å². The lowest BCUT2D eigenvalue weighted by atomic mass is 10.0. The van der Waals surface area contributed by atoms with Crippen LogP contribution in [0.1, 0.15) is 11.1 Å². The molecule has 86 valence electrons. The third-order valence-electron chi connectivity index (χ3n) is 2.07. The Labute approximate surface area is 106 Å². The highest BCUT2D eigenvalue weighted by Gasteiger charge is 2.19. The average Bonchev–Trinajstić information content (AvgIpc) is 2.28. The number of benzene rings is 1. The number of nitro groups is 1. The van der Waals surface area contributed by atoms with Crippen molar-refractivity contribution < 1.29 is 9.72 Å². The molecule has 1 aromatic rings. The molecule has 0 spiro atoms. The van der Waals surface area contributed by atoms with E-state index in [4.69, 9.17) is 11.6 Å². The quantitative estimate of drug-likeness (QED) is 0.477. The molecule has 0 bridgehead atoms. The van der Waals surface area contributed by atoms with Crippen LogP contribution in [0.25, 0.3) is 0 Å². The van der Waals surface area contributed by atoms with Gasteiger partial charge in [-0.15, -0.1) is 11.6 Å². The molecule has 16 heavy (non-hydrogen) atoms. The van der Waals surface area contributed by atoms with Gasteiger partial charge in [0.2, 0.25) is 0 Å². The van der Waals surface area contributed by atoms with Crippen LogP contribution in [-0.4, -0.2) is 16.6 Å². The van der Waals surface area contributed by atoms with Gasteiger partial charge < -0.3 is 0 Å². The second-order valence-electron chi connectivity index (χ2n) is 3.16. The SMILES string of the molecule is O=C(CCl)Cc1cccc(CBr)c1[N+](=O)[O-]. The van der Waals surface area contributed by atoms with Gasteiger partial charge in [-0.25, -0.2) is 0 Å². The summed E-state index contributed by atoms with van der Waals surface area (Å²) in [4.78, 5) is 21.6. The zero-order chi connectivity index (χ0) is 12.1. The number of hydrogen-bond acceptors (Lipinski definition) is 3. The zero-order valence-corrected chi connectivity index (χ0v) is 10.6. The van der Waals surface area contributed by atoms with Gasteiger partial charge in [0, 0.05) is 22.9 Å². The van der Waals surface area contributed by atoms with Gasteiger partial charge in [-0.05, 0) is 0 Å². The van der Waals surface area contributed by atoms with E-state index >= 15 is 0 Å². The molecule has 0 unspecified atom stereocenters. The number of rotatable bonds is 5. The third kappa shape index (κ3) is 3.02. The molecule has 0 atom stereocenters. The molecular formula is C10H9BrClNO3. The van der Waals surface area contributed by atoms with Gasteiger partial charge in [0.15, 0.2) is 5.78 Å². The van der Waals surface area contributed by atoms with Gasteiger partial charge in [0.1, 0.15) is 0 Å². The lowest BCUT2D eigenvalue weighted by molar-refractivity contribution is -0.386. The Balaban J connectivity index is 3.17. The summed E-state index contributed by atoms with van der Waals surface area (Å²) in [5, 5.41) is 11.3. The molecule has 0 radical (unpaired) electrons. The number of alkyl halides is 2. The number of hydrogen-bond donors (Lipinski definition) is 0. The Morgan fingerprint density at radius 2 is 2.06 bits per heavy atom. The molecule has 1 rings (SSSR count). The molecule has 0 amide bonds. The average molecular weight is 307 g/mol. The highest BCUT2D eigenvalue weighted by Crippen LogP contribution is 2.26. The van der Waals surface area contributed by atoms with Gasteiger partial charge in [-0.1, -0.05) is 34.1 Å². The van der Waals surface area contributed by atoms with E-state index in [1.807, 2.05) is 0 Å². The minimum absolute atomic E-state index is 0.000648. The molecule has 1 aromatic carbocycles. The third-order valence-corrected chi connectivity index (χ3v) is 2.97. The first kappa shape index (κ1) is 13.1. The van der Waals surface area contributed by atoms with Gasteiger partial charge in [0.05, 0.1) is 10.8 Å². The van der Waals surface area contributed by atoms with E-state index in [2.05, 4.69) is 15.9 Å². The number of nitro benzene ring substituents is 1. The lowest BCUT2D eigenvalue weighted by Gasteiger charge is -2.04. The molecule has 0 heterocycles. The van der Waals surface area contributed by atoms with Crippen LogP contribution in [0.15, 0.2) is 18.2 Å². The molecule has 0 aliphatic rings. The van der Waals surface area contributed by atoms with Crippen molar-refractivity contribution in [3.05, 3.63) is 39.4 Å². The van der Waals surface area contributed by atoms with E-state index in [0.29, 0.717) is 16.5 Å². The second-order valence-corrected chi connectivity index (χ2v) is 3.99. The van der Waals surface area contributed by atoms with Crippen LogP contribution in [0.3, 0.4) is 0 Å².